The topological polar surface area (TPSA) is 94.0 Å². The van der Waals surface area contributed by atoms with Crippen LogP contribution in [0.2, 0.25) is 0 Å². The van der Waals surface area contributed by atoms with Crippen LogP contribution < -0.4 is 11.1 Å². The molecule has 6 nitrogen and oxygen atoms in total. The van der Waals surface area contributed by atoms with Crippen LogP contribution in [0, 0.1) is 5.92 Å². The van der Waals surface area contributed by atoms with Crippen molar-refractivity contribution in [2.75, 3.05) is 11.1 Å². The number of nitrogens with zero attached hydrogens (tertiary/aromatic N) is 2. The van der Waals surface area contributed by atoms with Crippen LogP contribution >= 0.6 is 0 Å². The molecule has 0 saturated heterocycles. The van der Waals surface area contributed by atoms with Crippen LogP contribution in [0.5, 0.6) is 0 Å². The lowest BCUT2D eigenvalue weighted by Gasteiger charge is -2.18. The highest BCUT2D eigenvalue weighted by molar-refractivity contribution is 5.86. The number of nitrogens with one attached hydrogen (secondary N) is 1. The van der Waals surface area contributed by atoms with Gasteiger partial charge in [0, 0.05) is 6.42 Å². The second-order valence-electron chi connectivity index (χ2n) is 3.64. The van der Waals surface area contributed by atoms with Gasteiger partial charge in [0.05, 0.1) is 6.04 Å². The molecule has 0 aliphatic heterocycles. The molecule has 0 aromatic carbocycles. The molecular formula is C9H16N4O2. The Morgan fingerprint density at radius 2 is 2.27 bits per heavy atom. The van der Waals surface area contributed by atoms with E-state index in [1.165, 1.54) is 0 Å². The molecule has 1 atom stereocenters. The Labute approximate surface area is 88.2 Å². The third-order valence-electron chi connectivity index (χ3n) is 2.09. The molecule has 84 valence electrons. The summed E-state index contributed by atoms with van der Waals surface area (Å²) in [6.45, 7) is 5.73. The van der Waals surface area contributed by atoms with Crippen molar-refractivity contribution in [3.05, 3.63) is 0 Å². The molecule has 0 aliphatic carbocycles. The summed E-state index contributed by atoms with van der Waals surface area (Å²) in [6.07, 6.45) is 0.475. The number of carbonyl (C=O) groups excluding carboxylic acids is 1. The number of anilines is 2. The average molecular weight is 212 g/mol. The van der Waals surface area contributed by atoms with E-state index in [4.69, 9.17) is 5.73 Å². The highest BCUT2D eigenvalue weighted by Crippen LogP contribution is 2.12. The minimum Gasteiger partial charge on any atom is -0.351 e. The number of ketones is 1. The highest BCUT2D eigenvalue weighted by Gasteiger charge is 2.21. The molecular weight excluding hydrogens is 196 g/mol. The van der Waals surface area contributed by atoms with Crippen LogP contribution in [0.4, 0.5) is 12.0 Å². The number of aromatic nitrogens is 2. The third-order valence-corrected chi connectivity index (χ3v) is 2.09. The number of Topliss-reactive ketones (excluding diaryl/α,β-unsaturated/α-hetero) is 1. The molecule has 1 heterocycles. The van der Waals surface area contributed by atoms with Gasteiger partial charge in [0.2, 0.25) is 0 Å². The minimum absolute atomic E-state index is 0.0102. The molecule has 0 saturated carbocycles. The second-order valence-corrected chi connectivity index (χ2v) is 3.64. The summed E-state index contributed by atoms with van der Waals surface area (Å²) in [7, 11) is 0. The van der Waals surface area contributed by atoms with E-state index in [9.17, 15) is 4.79 Å². The molecule has 15 heavy (non-hydrogen) atoms. The first kappa shape index (κ1) is 11.5. The summed E-state index contributed by atoms with van der Waals surface area (Å²) in [4.78, 5) is 15.4. The summed E-state index contributed by atoms with van der Waals surface area (Å²) in [5, 5.41) is 6.48. The predicted molar refractivity (Wildman–Crippen MR) is 56.3 cm³/mol. The molecule has 6 heteroatoms. The highest BCUT2D eigenvalue weighted by atomic mass is 16.5. The smallest absolute Gasteiger partial charge is 0.320 e. The van der Waals surface area contributed by atoms with Gasteiger partial charge < -0.3 is 15.6 Å². The van der Waals surface area contributed by atoms with Crippen LogP contribution in [0.15, 0.2) is 4.52 Å². The van der Waals surface area contributed by atoms with E-state index in [-0.39, 0.29) is 29.7 Å². The maximum absolute atomic E-state index is 11.6. The number of rotatable bonds is 5. The normalized spacial score (nSPS) is 12.8. The first-order valence-electron chi connectivity index (χ1n) is 4.93. The van der Waals surface area contributed by atoms with Gasteiger partial charge in [-0.25, -0.2) is 0 Å². The lowest BCUT2D eigenvalue weighted by atomic mass is 9.99. The fraction of sp³-hybridized carbons (Fsp3) is 0.667. The summed E-state index contributed by atoms with van der Waals surface area (Å²) in [5.41, 5.74) is 5.27. The Balaban J connectivity index is 2.71. The Hall–Kier alpha value is -1.59. The molecule has 1 aromatic rings. The SMILES string of the molecule is CCC(=O)[C@@H](Nc1noc(N)n1)C(C)C. The third kappa shape index (κ3) is 2.93. The van der Waals surface area contributed by atoms with Crippen molar-refractivity contribution in [1.82, 2.24) is 10.1 Å². The Morgan fingerprint density at radius 1 is 1.60 bits per heavy atom. The Morgan fingerprint density at radius 3 is 2.67 bits per heavy atom. The van der Waals surface area contributed by atoms with Crippen LogP contribution in [0.1, 0.15) is 27.2 Å². The number of nitrogens with two attached hydrogens (primary N) is 1. The van der Waals surface area contributed by atoms with Gasteiger partial charge in [-0.15, -0.1) is 0 Å². The van der Waals surface area contributed by atoms with Crippen LogP contribution in [0.25, 0.3) is 0 Å². The fourth-order valence-corrected chi connectivity index (χ4v) is 1.27. The quantitative estimate of drug-likeness (QED) is 0.758. The van der Waals surface area contributed by atoms with Crippen LogP contribution in [0.3, 0.4) is 0 Å². The largest absolute Gasteiger partial charge is 0.351 e. The maximum atomic E-state index is 11.6. The van der Waals surface area contributed by atoms with Gasteiger partial charge in [0.1, 0.15) is 0 Å². The van der Waals surface area contributed by atoms with Gasteiger partial charge in [0.25, 0.3) is 5.95 Å². The first-order valence-corrected chi connectivity index (χ1v) is 4.93. The molecule has 0 radical (unpaired) electrons. The Kier molecular flexibility index (Phi) is 3.65. The standard InChI is InChI=1S/C9H16N4O2/c1-4-6(14)7(5(2)3)11-9-12-8(10)15-13-9/h5,7H,4H2,1-3H3,(H3,10,11,12,13)/t7-/m0/s1. The zero-order valence-electron chi connectivity index (χ0n) is 9.15. The van der Waals surface area contributed by atoms with Crippen molar-refractivity contribution >= 4 is 17.7 Å². The zero-order valence-corrected chi connectivity index (χ0v) is 9.15. The van der Waals surface area contributed by atoms with Gasteiger partial charge in [-0.05, 0) is 11.1 Å². The molecule has 0 spiro atoms. The van der Waals surface area contributed by atoms with Crippen molar-refractivity contribution in [2.45, 2.75) is 33.2 Å². The van der Waals surface area contributed by atoms with E-state index < -0.39 is 0 Å². The number of hydrogen-bond acceptors (Lipinski definition) is 6. The van der Waals surface area contributed by atoms with E-state index in [1.54, 1.807) is 0 Å². The summed E-state index contributed by atoms with van der Waals surface area (Å²) < 4.78 is 4.60. The molecule has 0 unspecified atom stereocenters. The molecule has 0 amide bonds. The lowest BCUT2D eigenvalue weighted by molar-refractivity contribution is -0.120. The molecule has 0 aliphatic rings. The van der Waals surface area contributed by atoms with Gasteiger partial charge >= 0.3 is 6.01 Å². The number of carbonyl (C=O) groups is 1. The van der Waals surface area contributed by atoms with Gasteiger partial charge in [0.15, 0.2) is 5.78 Å². The van der Waals surface area contributed by atoms with Crippen LogP contribution in [-0.4, -0.2) is 22.0 Å². The van der Waals surface area contributed by atoms with Crippen molar-refractivity contribution in [1.29, 1.82) is 0 Å². The molecule has 3 N–H and O–H groups in total. The second kappa shape index (κ2) is 4.77. The van der Waals surface area contributed by atoms with E-state index in [0.717, 1.165) is 0 Å². The maximum Gasteiger partial charge on any atom is 0.320 e. The van der Waals surface area contributed by atoms with Gasteiger partial charge in [-0.2, -0.15) is 4.98 Å². The Bertz CT molecular complexity index is 335. The fourth-order valence-electron chi connectivity index (χ4n) is 1.27. The summed E-state index contributed by atoms with van der Waals surface area (Å²) >= 11 is 0. The minimum atomic E-state index is -0.299. The lowest BCUT2D eigenvalue weighted by Crippen LogP contribution is -2.34. The molecule has 1 aromatic heterocycles. The van der Waals surface area contributed by atoms with Crippen molar-refractivity contribution in [2.24, 2.45) is 5.92 Å². The van der Waals surface area contributed by atoms with E-state index in [2.05, 4.69) is 20.0 Å². The summed E-state index contributed by atoms with van der Waals surface area (Å²) in [6, 6.07) is -0.309. The van der Waals surface area contributed by atoms with Crippen molar-refractivity contribution < 1.29 is 9.32 Å². The molecule has 0 fully saturated rings. The number of hydrogen-bond donors (Lipinski definition) is 2. The van der Waals surface area contributed by atoms with Gasteiger partial charge in [-0.3, -0.25) is 4.79 Å². The average Bonchev–Trinajstić information content (AvgIpc) is 2.59. The van der Waals surface area contributed by atoms with E-state index in [1.807, 2.05) is 20.8 Å². The number of nitrogen functional groups attached to an aromatic ring is 1. The van der Waals surface area contributed by atoms with Crippen molar-refractivity contribution in [3.63, 3.8) is 0 Å². The van der Waals surface area contributed by atoms with E-state index in [0.29, 0.717) is 6.42 Å². The molecule has 0 bridgehead atoms. The molecule has 1 rings (SSSR count). The van der Waals surface area contributed by atoms with E-state index >= 15 is 0 Å². The monoisotopic (exact) mass is 212 g/mol. The zero-order chi connectivity index (χ0) is 11.4. The van der Waals surface area contributed by atoms with Crippen LogP contribution in [-0.2, 0) is 4.79 Å². The first-order chi connectivity index (χ1) is 7.04. The van der Waals surface area contributed by atoms with Crippen molar-refractivity contribution in [3.8, 4) is 0 Å². The predicted octanol–water partition coefficient (Wildman–Crippen LogP) is 1.07. The van der Waals surface area contributed by atoms with Gasteiger partial charge in [-0.1, -0.05) is 20.8 Å². The summed E-state index contributed by atoms with van der Waals surface area (Å²) in [5.74, 6) is 0.540.